The zero-order valence-corrected chi connectivity index (χ0v) is 22.4. The first-order valence-corrected chi connectivity index (χ1v) is 13.7. The van der Waals surface area contributed by atoms with Crippen LogP contribution in [0, 0.1) is 12.3 Å². The number of hydrogen-bond donors (Lipinski definition) is 3. The maximum Gasteiger partial charge on any atom is 0.243 e. The molecule has 4 atom stereocenters. The summed E-state index contributed by atoms with van der Waals surface area (Å²) in [5, 5.41) is 13.2. The number of carbonyl (C=O) groups excluding carboxylic acids is 2. The van der Waals surface area contributed by atoms with E-state index in [9.17, 15) is 17.8 Å². The number of nitrogens with one attached hydrogen (secondary N) is 2. The number of nitrogens with zero attached hydrogens (tertiary/aromatic N) is 2. The van der Waals surface area contributed by atoms with Crippen molar-refractivity contribution in [3.63, 3.8) is 0 Å². The molecule has 3 rings (SSSR count). The number of amides is 2. The maximum atomic E-state index is 13.2. The third-order valence-corrected chi connectivity index (χ3v) is 7.76. The summed E-state index contributed by atoms with van der Waals surface area (Å²) in [6.07, 6.45) is -0.596. The topological polar surface area (TPSA) is 112 Å². The van der Waals surface area contributed by atoms with Crippen LogP contribution < -0.4 is 8.85 Å². The van der Waals surface area contributed by atoms with Crippen LogP contribution in [-0.2, 0) is 12.7 Å². The zero-order chi connectivity index (χ0) is 24.3. The van der Waals surface area contributed by atoms with E-state index in [4.69, 9.17) is 0 Å². The van der Waals surface area contributed by atoms with Crippen molar-refractivity contribution in [3.05, 3.63) is 41.0 Å². The van der Waals surface area contributed by atoms with Gasteiger partial charge in [0, 0.05) is 13.0 Å². The van der Waals surface area contributed by atoms with E-state index in [0.29, 0.717) is 0 Å². The lowest BCUT2D eigenvalue weighted by Crippen LogP contribution is -2.55. The summed E-state index contributed by atoms with van der Waals surface area (Å²) >= 11 is 0.0224. The molecule has 0 spiro atoms. The second-order valence-corrected chi connectivity index (χ2v) is 11.4. The Labute approximate surface area is 209 Å². The van der Waals surface area contributed by atoms with Gasteiger partial charge in [0.15, 0.2) is 0 Å². The van der Waals surface area contributed by atoms with Crippen molar-refractivity contribution in [3.8, 4) is 10.4 Å². The normalized spacial score (nSPS) is 20.5. The Morgan fingerprint density at radius 3 is 2.48 bits per heavy atom. The molecule has 0 radical (unpaired) electrons. The highest BCUT2D eigenvalue weighted by molar-refractivity contribution is 14.1. The lowest BCUT2D eigenvalue weighted by molar-refractivity contribution is -0.141. The Hall–Kier alpha value is -1.76. The molecule has 0 saturated carbocycles. The molecule has 8 nitrogen and oxygen atoms in total. The summed E-state index contributed by atoms with van der Waals surface area (Å²) in [4.78, 5) is 33.2. The van der Waals surface area contributed by atoms with Crippen molar-refractivity contribution >= 4 is 44.6 Å². The molecule has 1 aromatic carbocycles. The molecule has 1 saturated heterocycles. The van der Waals surface area contributed by atoms with Gasteiger partial charge in [-0.15, -0.1) is 11.3 Å². The standard InChI is InChI=1S/C23H31IN4O4S/c1-13(15-6-8-16(9-7-15)19-14(2)25-12-33-19)26-21(30)18-10-17(29)11-28(18)22(31)20(27-24-32)23(3,4)5/h6-9,12-13,17-18,20,29H,10-11H2,1-5H3,(H,26,30)(H,27,32)/t13-,17+,18-,20+/m0/s1. The highest BCUT2D eigenvalue weighted by Crippen LogP contribution is 2.29. The second kappa shape index (κ2) is 10.7. The summed E-state index contributed by atoms with van der Waals surface area (Å²) in [6, 6.07) is 6.24. The zero-order valence-electron chi connectivity index (χ0n) is 19.5. The minimum absolute atomic E-state index is 0.0830. The van der Waals surface area contributed by atoms with Crippen molar-refractivity contribution in [1.29, 1.82) is 0 Å². The molecule has 0 unspecified atom stereocenters. The number of aliphatic hydroxyl groups is 1. The molecule has 0 bridgehead atoms. The predicted octanol–water partition coefficient (Wildman–Crippen LogP) is 3.49. The number of aryl methyl sites for hydroxylation is 1. The smallest absolute Gasteiger partial charge is 0.243 e. The second-order valence-electron chi connectivity index (χ2n) is 9.50. The van der Waals surface area contributed by atoms with Gasteiger partial charge < -0.3 is 15.3 Å². The average Bonchev–Trinajstić information content (AvgIpc) is 3.36. The molecule has 1 aromatic heterocycles. The van der Waals surface area contributed by atoms with Gasteiger partial charge in [0.05, 0.1) is 28.2 Å². The van der Waals surface area contributed by atoms with Crippen LogP contribution in [0.3, 0.4) is 0 Å². The summed E-state index contributed by atoms with van der Waals surface area (Å²) in [7, 11) is 0. The van der Waals surface area contributed by atoms with Crippen molar-refractivity contribution in [1.82, 2.24) is 18.7 Å². The molecular weight excluding hydrogens is 555 g/mol. The number of β-amino-alcohol motifs (C(OH)–C–C–N with tert-alkyl or cyclic N) is 1. The van der Waals surface area contributed by atoms with Crippen LogP contribution in [0.4, 0.5) is 0 Å². The van der Waals surface area contributed by atoms with E-state index in [2.05, 4.69) is 13.8 Å². The molecule has 2 amide bonds. The van der Waals surface area contributed by atoms with E-state index in [1.165, 1.54) is 4.90 Å². The Kier molecular flexibility index (Phi) is 8.35. The number of hydrogen-bond acceptors (Lipinski definition) is 6. The van der Waals surface area contributed by atoms with Crippen molar-refractivity contribution in [2.75, 3.05) is 6.54 Å². The van der Waals surface area contributed by atoms with Gasteiger partial charge in [-0.2, -0.15) is 0 Å². The summed E-state index contributed by atoms with van der Waals surface area (Å²) < 4.78 is 14.1. The van der Waals surface area contributed by atoms with Gasteiger partial charge in [0.25, 0.3) is 0 Å². The van der Waals surface area contributed by atoms with E-state index >= 15 is 0 Å². The van der Waals surface area contributed by atoms with Crippen LogP contribution in [0.1, 0.15) is 51.4 Å². The summed E-state index contributed by atoms with van der Waals surface area (Å²) in [5.74, 6) is -0.619. The van der Waals surface area contributed by atoms with E-state index < -0.39 is 45.1 Å². The fourth-order valence-corrected chi connectivity index (χ4v) is 6.26. The Morgan fingerprint density at radius 2 is 1.94 bits per heavy atom. The average molecular weight is 586 g/mol. The van der Waals surface area contributed by atoms with Crippen LogP contribution >= 0.6 is 32.8 Å². The fraction of sp³-hybridized carbons (Fsp3) is 0.522. The van der Waals surface area contributed by atoms with Crippen LogP contribution in [0.2, 0.25) is 0 Å². The number of benzene rings is 1. The number of halogens is 1. The third kappa shape index (κ3) is 6.03. The van der Waals surface area contributed by atoms with E-state index in [1.807, 2.05) is 64.4 Å². The highest BCUT2D eigenvalue weighted by atomic mass is 127. The SMILES string of the molecule is Cc1ncsc1-c1ccc([C@H](C)NC(=O)[C@@H]2C[C@@H](O)CN2C(=O)[C@@H](NI=O)C(C)(C)C)cc1. The number of likely N-dealkylation sites (tertiary alicyclic amines) is 1. The number of aromatic nitrogens is 1. The van der Waals surface area contributed by atoms with Gasteiger partial charge in [-0.1, -0.05) is 45.0 Å². The lowest BCUT2D eigenvalue weighted by atomic mass is 9.86. The van der Waals surface area contributed by atoms with Crippen LogP contribution in [0.15, 0.2) is 29.8 Å². The molecule has 0 aliphatic carbocycles. The van der Waals surface area contributed by atoms with Gasteiger partial charge in [0.2, 0.25) is 33.3 Å². The van der Waals surface area contributed by atoms with E-state index in [-0.39, 0.29) is 30.8 Å². The monoisotopic (exact) mass is 586 g/mol. The number of thiazole rings is 1. The molecule has 3 N–H and O–H groups in total. The molecule has 2 heterocycles. The molecule has 1 aliphatic heterocycles. The summed E-state index contributed by atoms with van der Waals surface area (Å²) in [6.45, 7) is 9.59. The molecule has 10 heteroatoms. The minimum Gasteiger partial charge on any atom is -0.391 e. The van der Waals surface area contributed by atoms with Crippen LogP contribution in [-0.4, -0.2) is 51.5 Å². The molecule has 33 heavy (non-hydrogen) atoms. The highest BCUT2D eigenvalue weighted by Gasteiger charge is 2.44. The molecule has 1 aliphatic rings. The van der Waals surface area contributed by atoms with Crippen LogP contribution in [0.5, 0.6) is 0 Å². The van der Waals surface area contributed by atoms with Gasteiger partial charge in [-0.3, -0.25) is 12.7 Å². The Balaban J connectivity index is 1.71. The fourth-order valence-electron chi connectivity index (χ4n) is 3.99. The summed E-state index contributed by atoms with van der Waals surface area (Å²) in [5.41, 5.74) is 4.34. The van der Waals surface area contributed by atoms with Gasteiger partial charge in [-0.05, 0) is 30.4 Å². The van der Waals surface area contributed by atoms with Crippen molar-refractivity contribution in [2.45, 2.75) is 65.3 Å². The first-order chi connectivity index (χ1) is 15.5. The van der Waals surface area contributed by atoms with Crippen molar-refractivity contribution in [2.24, 2.45) is 5.41 Å². The van der Waals surface area contributed by atoms with Crippen molar-refractivity contribution < 1.29 is 17.8 Å². The largest absolute Gasteiger partial charge is 0.391 e. The van der Waals surface area contributed by atoms with Gasteiger partial charge >= 0.3 is 0 Å². The molecular formula is C23H31IN4O4S. The number of carbonyl (C=O) groups is 2. The predicted molar refractivity (Wildman–Crippen MR) is 136 cm³/mol. The minimum atomic E-state index is -1.57. The lowest BCUT2D eigenvalue weighted by Gasteiger charge is -2.34. The Morgan fingerprint density at radius 1 is 1.27 bits per heavy atom. The quantitative estimate of drug-likeness (QED) is 0.339. The van der Waals surface area contributed by atoms with E-state index in [0.717, 1.165) is 21.7 Å². The van der Waals surface area contributed by atoms with Gasteiger partial charge in [-0.25, -0.2) is 8.51 Å². The molecule has 2 aromatic rings. The third-order valence-electron chi connectivity index (χ3n) is 5.91. The Bertz CT molecular complexity index is 1000. The molecule has 1 fully saturated rings. The molecule has 180 valence electrons. The van der Waals surface area contributed by atoms with E-state index in [1.54, 1.807) is 11.3 Å². The van der Waals surface area contributed by atoms with Gasteiger partial charge in [0.1, 0.15) is 12.1 Å². The van der Waals surface area contributed by atoms with Crippen LogP contribution in [0.25, 0.3) is 10.4 Å². The first kappa shape index (κ1) is 25.9. The number of aliphatic hydroxyl groups excluding tert-OH is 1. The number of rotatable bonds is 7. The first-order valence-electron chi connectivity index (χ1n) is 10.8. The maximum absolute atomic E-state index is 13.2.